The average Bonchev–Trinajstić information content (AvgIpc) is 2.92. The van der Waals surface area contributed by atoms with Crippen molar-refractivity contribution in [2.24, 2.45) is 0 Å². The number of amides is 1. The first-order chi connectivity index (χ1) is 12.6. The van der Waals surface area contributed by atoms with Crippen LogP contribution in [-0.2, 0) is 0 Å². The fourth-order valence-corrected chi connectivity index (χ4v) is 3.45. The predicted octanol–water partition coefficient (Wildman–Crippen LogP) is 2.99. The Labute approximate surface area is 149 Å². The van der Waals surface area contributed by atoms with Crippen molar-refractivity contribution in [1.29, 1.82) is 0 Å². The molecule has 1 amide bonds. The maximum Gasteiger partial charge on any atom is 0.290 e. The summed E-state index contributed by atoms with van der Waals surface area (Å²) < 4.78 is 16.5. The van der Waals surface area contributed by atoms with Crippen LogP contribution >= 0.6 is 0 Å². The Hall–Kier alpha value is -3.28. The number of ether oxygens (including phenoxy) is 2. The van der Waals surface area contributed by atoms with Crippen molar-refractivity contribution >= 4 is 16.9 Å². The van der Waals surface area contributed by atoms with Crippen LogP contribution in [0.3, 0.4) is 0 Å². The van der Waals surface area contributed by atoms with E-state index in [4.69, 9.17) is 13.9 Å². The van der Waals surface area contributed by atoms with Gasteiger partial charge in [-0.1, -0.05) is 12.1 Å². The summed E-state index contributed by atoms with van der Waals surface area (Å²) in [5, 5.41) is 0.446. The van der Waals surface area contributed by atoms with Gasteiger partial charge in [0.2, 0.25) is 5.76 Å². The Balaban J connectivity index is 2.04. The van der Waals surface area contributed by atoms with Crippen LogP contribution in [-0.4, -0.2) is 32.1 Å². The molecule has 1 atom stereocenters. The highest BCUT2D eigenvalue weighted by Gasteiger charge is 2.42. The summed E-state index contributed by atoms with van der Waals surface area (Å²) in [4.78, 5) is 27.4. The van der Waals surface area contributed by atoms with Gasteiger partial charge in [0.15, 0.2) is 5.43 Å². The van der Waals surface area contributed by atoms with Gasteiger partial charge in [-0.25, -0.2) is 0 Å². The molecule has 0 unspecified atom stereocenters. The lowest BCUT2D eigenvalue weighted by Gasteiger charge is -2.22. The molecule has 3 aromatic rings. The third-order valence-corrected chi connectivity index (χ3v) is 4.74. The lowest BCUT2D eigenvalue weighted by Crippen LogP contribution is -2.25. The van der Waals surface area contributed by atoms with E-state index in [0.717, 1.165) is 0 Å². The van der Waals surface area contributed by atoms with Gasteiger partial charge in [-0.05, 0) is 30.3 Å². The largest absolute Gasteiger partial charge is 0.497 e. The van der Waals surface area contributed by atoms with E-state index in [1.54, 1.807) is 63.7 Å². The van der Waals surface area contributed by atoms with Crippen molar-refractivity contribution in [1.82, 2.24) is 4.90 Å². The quantitative estimate of drug-likeness (QED) is 0.726. The Morgan fingerprint density at radius 3 is 2.54 bits per heavy atom. The van der Waals surface area contributed by atoms with Gasteiger partial charge in [0.1, 0.15) is 17.1 Å². The van der Waals surface area contributed by atoms with Gasteiger partial charge in [-0.2, -0.15) is 0 Å². The van der Waals surface area contributed by atoms with E-state index in [1.807, 2.05) is 0 Å². The van der Waals surface area contributed by atoms with Crippen LogP contribution in [0.5, 0.6) is 11.5 Å². The Morgan fingerprint density at radius 1 is 1.04 bits per heavy atom. The summed E-state index contributed by atoms with van der Waals surface area (Å²) >= 11 is 0. The molecular weight excluding hydrogens is 334 g/mol. The van der Waals surface area contributed by atoms with Gasteiger partial charge >= 0.3 is 0 Å². The smallest absolute Gasteiger partial charge is 0.290 e. The second kappa shape index (κ2) is 5.91. The highest BCUT2D eigenvalue weighted by Crippen LogP contribution is 2.41. The molecule has 0 N–H and O–H groups in total. The number of carbonyl (C=O) groups excluding carboxylic acids is 1. The minimum Gasteiger partial charge on any atom is -0.497 e. The molecule has 132 valence electrons. The zero-order valence-electron chi connectivity index (χ0n) is 14.6. The molecule has 1 aliphatic heterocycles. The SMILES string of the molecule is COc1ccc(OC)c([C@H]2c3c(oc4ccccc4c3=O)C(=O)N2C)c1. The molecule has 0 spiro atoms. The molecule has 2 heterocycles. The average molecular weight is 351 g/mol. The number of rotatable bonds is 3. The van der Waals surface area contributed by atoms with Crippen molar-refractivity contribution in [2.45, 2.75) is 6.04 Å². The number of nitrogens with zero attached hydrogens (tertiary/aromatic N) is 1. The minimum atomic E-state index is -0.608. The van der Waals surface area contributed by atoms with Crippen LogP contribution in [0.15, 0.2) is 51.7 Å². The molecule has 0 saturated carbocycles. The molecule has 0 aliphatic carbocycles. The van der Waals surface area contributed by atoms with E-state index in [1.165, 1.54) is 4.90 Å². The van der Waals surface area contributed by atoms with E-state index < -0.39 is 6.04 Å². The fraction of sp³-hybridized carbons (Fsp3) is 0.200. The highest BCUT2D eigenvalue weighted by molar-refractivity contribution is 5.99. The molecule has 1 aromatic heterocycles. The Morgan fingerprint density at radius 2 is 1.81 bits per heavy atom. The predicted molar refractivity (Wildman–Crippen MR) is 96.0 cm³/mol. The van der Waals surface area contributed by atoms with Gasteiger partial charge in [0, 0.05) is 12.6 Å². The second-order valence-corrected chi connectivity index (χ2v) is 6.10. The molecule has 0 radical (unpaired) electrons. The van der Waals surface area contributed by atoms with Crippen molar-refractivity contribution < 1.29 is 18.7 Å². The Kier molecular flexibility index (Phi) is 3.68. The number of hydrogen-bond donors (Lipinski definition) is 0. The van der Waals surface area contributed by atoms with Gasteiger partial charge in [-0.15, -0.1) is 0 Å². The molecule has 6 nitrogen and oxygen atoms in total. The number of fused-ring (bicyclic) bond motifs is 2. The molecule has 1 aliphatic rings. The van der Waals surface area contributed by atoms with E-state index in [2.05, 4.69) is 0 Å². The molecule has 2 aromatic carbocycles. The van der Waals surface area contributed by atoms with E-state index >= 15 is 0 Å². The third kappa shape index (κ3) is 2.19. The van der Waals surface area contributed by atoms with Crippen molar-refractivity contribution in [2.75, 3.05) is 21.3 Å². The van der Waals surface area contributed by atoms with Crippen LogP contribution in [0.1, 0.15) is 27.7 Å². The summed E-state index contributed by atoms with van der Waals surface area (Å²) in [7, 11) is 4.75. The lowest BCUT2D eigenvalue weighted by molar-refractivity contribution is 0.0770. The number of para-hydroxylation sites is 1. The van der Waals surface area contributed by atoms with E-state index in [0.29, 0.717) is 33.6 Å². The topological polar surface area (TPSA) is 69.0 Å². The van der Waals surface area contributed by atoms with Crippen LogP contribution in [0.25, 0.3) is 11.0 Å². The summed E-state index contributed by atoms with van der Waals surface area (Å²) in [6.45, 7) is 0. The molecule has 0 saturated heterocycles. The number of benzene rings is 2. The fourth-order valence-electron chi connectivity index (χ4n) is 3.45. The molecule has 6 heteroatoms. The number of hydrogen-bond acceptors (Lipinski definition) is 5. The van der Waals surface area contributed by atoms with Crippen LogP contribution in [0, 0.1) is 0 Å². The summed E-state index contributed by atoms with van der Waals surface area (Å²) in [6.07, 6.45) is 0. The minimum absolute atomic E-state index is 0.0751. The van der Waals surface area contributed by atoms with Crippen LogP contribution in [0.2, 0.25) is 0 Å². The van der Waals surface area contributed by atoms with Crippen molar-refractivity contribution in [3.05, 3.63) is 69.6 Å². The molecular formula is C20H17NO5. The molecule has 0 fully saturated rings. The Bertz CT molecular complexity index is 1090. The normalized spacial score (nSPS) is 16.0. The first-order valence-corrected chi connectivity index (χ1v) is 8.11. The monoisotopic (exact) mass is 351 g/mol. The first kappa shape index (κ1) is 16.2. The maximum atomic E-state index is 13.1. The second-order valence-electron chi connectivity index (χ2n) is 6.10. The zero-order valence-corrected chi connectivity index (χ0v) is 14.6. The standard InChI is InChI=1S/C20H17NO5/c1-21-17(13-10-11(24-2)8-9-14(13)25-3)16-18(22)12-6-4-5-7-15(12)26-19(16)20(21)23/h4-10,17H,1-3H3/t17-/m0/s1. The summed E-state index contributed by atoms with van der Waals surface area (Å²) in [6, 6.07) is 11.6. The number of carbonyl (C=O) groups is 1. The van der Waals surface area contributed by atoms with Crippen molar-refractivity contribution in [3.8, 4) is 11.5 Å². The van der Waals surface area contributed by atoms with Crippen LogP contribution in [0.4, 0.5) is 0 Å². The van der Waals surface area contributed by atoms with Crippen molar-refractivity contribution in [3.63, 3.8) is 0 Å². The molecule has 26 heavy (non-hydrogen) atoms. The third-order valence-electron chi connectivity index (χ3n) is 4.74. The van der Waals surface area contributed by atoms with Crippen LogP contribution < -0.4 is 14.9 Å². The highest BCUT2D eigenvalue weighted by atomic mass is 16.5. The van der Waals surface area contributed by atoms with Gasteiger partial charge < -0.3 is 18.8 Å². The van der Waals surface area contributed by atoms with E-state index in [9.17, 15) is 9.59 Å². The van der Waals surface area contributed by atoms with Gasteiger partial charge in [0.05, 0.1) is 31.2 Å². The van der Waals surface area contributed by atoms with Gasteiger partial charge in [-0.3, -0.25) is 9.59 Å². The molecule has 0 bridgehead atoms. The lowest BCUT2D eigenvalue weighted by atomic mass is 9.97. The maximum absolute atomic E-state index is 13.1. The first-order valence-electron chi connectivity index (χ1n) is 8.11. The number of methoxy groups -OCH3 is 2. The summed E-state index contributed by atoms with van der Waals surface area (Å²) in [5.74, 6) is 0.917. The molecule has 4 rings (SSSR count). The van der Waals surface area contributed by atoms with Gasteiger partial charge in [0.25, 0.3) is 5.91 Å². The van der Waals surface area contributed by atoms with E-state index in [-0.39, 0.29) is 17.1 Å². The summed E-state index contributed by atoms with van der Waals surface area (Å²) in [5.41, 5.74) is 1.18. The zero-order chi connectivity index (χ0) is 18.4.